The summed E-state index contributed by atoms with van der Waals surface area (Å²) in [5.74, 6) is 2.30. The summed E-state index contributed by atoms with van der Waals surface area (Å²) in [6.45, 7) is 0.877. The molecule has 3 atom stereocenters. The molecule has 1 saturated heterocycles. The fourth-order valence-corrected chi connectivity index (χ4v) is 4.47. The van der Waals surface area contributed by atoms with Crippen LogP contribution in [0.2, 0.25) is 0 Å². The Bertz CT molecular complexity index is 547. The molecule has 2 N–H and O–H groups in total. The summed E-state index contributed by atoms with van der Waals surface area (Å²) in [6.07, 6.45) is 6.10. The molecule has 134 valence electrons. The van der Waals surface area contributed by atoms with E-state index in [2.05, 4.69) is 5.32 Å². The number of hydrogen-bond acceptors (Lipinski definition) is 5. The maximum atomic E-state index is 11.0. The summed E-state index contributed by atoms with van der Waals surface area (Å²) in [5.41, 5.74) is 0.645. The van der Waals surface area contributed by atoms with Crippen LogP contribution in [0.3, 0.4) is 0 Å². The Morgan fingerprint density at radius 1 is 1.08 bits per heavy atom. The molecule has 2 fully saturated rings. The maximum absolute atomic E-state index is 11.0. The van der Waals surface area contributed by atoms with Gasteiger partial charge in [0.25, 0.3) is 0 Å². The Hall–Kier alpha value is -1.46. The Morgan fingerprint density at radius 2 is 1.79 bits per heavy atom. The van der Waals surface area contributed by atoms with Crippen molar-refractivity contribution < 1.29 is 19.3 Å². The first kappa shape index (κ1) is 17.4. The lowest BCUT2D eigenvalue weighted by Crippen LogP contribution is -2.58. The number of piperidine rings is 1. The van der Waals surface area contributed by atoms with Crippen molar-refractivity contribution in [3.8, 4) is 17.2 Å². The van der Waals surface area contributed by atoms with Gasteiger partial charge in [-0.3, -0.25) is 0 Å². The molecule has 0 spiro atoms. The average molecular weight is 335 g/mol. The van der Waals surface area contributed by atoms with Crippen LogP contribution in [0.15, 0.2) is 12.1 Å². The number of rotatable bonds is 5. The topological polar surface area (TPSA) is 60.0 Å². The molecule has 0 aromatic heterocycles. The fourth-order valence-electron chi connectivity index (χ4n) is 4.47. The Morgan fingerprint density at radius 3 is 2.42 bits per heavy atom. The van der Waals surface area contributed by atoms with E-state index in [4.69, 9.17) is 14.2 Å². The van der Waals surface area contributed by atoms with Crippen molar-refractivity contribution in [3.63, 3.8) is 0 Å². The largest absolute Gasteiger partial charge is 0.493 e. The standard InChI is InChI=1S/C19H29NO4/c1-22-16-11-13(12-17(23-2)18(16)24-3)10-15-14-6-4-5-7-19(14,21)8-9-20-15/h11-12,14-15,20-21H,4-10H2,1-3H3. The second kappa shape index (κ2) is 7.19. The van der Waals surface area contributed by atoms with E-state index in [0.717, 1.165) is 44.2 Å². The quantitative estimate of drug-likeness (QED) is 0.866. The summed E-state index contributed by atoms with van der Waals surface area (Å²) in [6, 6.07) is 4.31. The minimum Gasteiger partial charge on any atom is -0.493 e. The molecule has 1 saturated carbocycles. The molecule has 0 amide bonds. The summed E-state index contributed by atoms with van der Waals surface area (Å²) < 4.78 is 16.3. The van der Waals surface area contributed by atoms with Crippen LogP contribution in [-0.4, -0.2) is 44.6 Å². The van der Waals surface area contributed by atoms with E-state index in [-0.39, 0.29) is 6.04 Å². The van der Waals surface area contributed by atoms with Gasteiger partial charge < -0.3 is 24.6 Å². The minimum absolute atomic E-state index is 0.284. The number of ether oxygens (including phenoxy) is 3. The Labute approximate surface area is 144 Å². The van der Waals surface area contributed by atoms with Gasteiger partial charge >= 0.3 is 0 Å². The summed E-state index contributed by atoms with van der Waals surface area (Å²) in [4.78, 5) is 0. The van der Waals surface area contributed by atoms with Crippen molar-refractivity contribution >= 4 is 0 Å². The molecule has 1 aliphatic heterocycles. The van der Waals surface area contributed by atoms with Gasteiger partial charge in [0, 0.05) is 12.0 Å². The van der Waals surface area contributed by atoms with Crippen molar-refractivity contribution in [1.82, 2.24) is 5.32 Å². The van der Waals surface area contributed by atoms with Crippen molar-refractivity contribution in [3.05, 3.63) is 17.7 Å². The lowest BCUT2D eigenvalue weighted by Gasteiger charge is -2.48. The van der Waals surface area contributed by atoms with E-state index >= 15 is 0 Å². The molecule has 2 aliphatic rings. The third-order valence-electron chi connectivity index (χ3n) is 5.70. The van der Waals surface area contributed by atoms with Gasteiger partial charge in [0.2, 0.25) is 5.75 Å². The number of nitrogens with one attached hydrogen (secondary N) is 1. The molecule has 1 aliphatic carbocycles. The second-order valence-electron chi connectivity index (χ2n) is 7.00. The van der Waals surface area contributed by atoms with Crippen molar-refractivity contribution in [2.75, 3.05) is 27.9 Å². The van der Waals surface area contributed by atoms with Gasteiger partial charge in [-0.1, -0.05) is 12.8 Å². The zero-order chi connectivity index (χ0) is 17.2. The predicted molar refractivity (Wildman–Crippen MR) is 93.1 cm³/mol. The highest BCUT2D eigenvalue weighted by Gasteiger charge is 2.45. The van der Waals surface area contributed by atoms with Crippen molar-refractivity contribution in [2.24, 2.45) is 5.92 Å². The molecule has 5 nitrogen and oxygen atoms in total. The summed E-state index contributed by atoms with van der Waals surface area (Å²) in [7, 11) is 4.89. The molecule has 1 aromatic rings. The van der Waals surface area contributed by atoms with Crippen LogP contribution in [0.1, 0.15) is 37.7 Å². The highest BCUT2D eigenvalue weighted by Crippen LogP contribution is 2.43. The van der Waals surface area contributed by atoms with E-state index in [1.165, 1.54) is 6.42 Å². The van der Waals surface area contributed by atoms with Crippen LogP contribution in [0.25, 0.3) is 0 Å². The van der Waals surface area contributed by atoms with E-state index in [1.54, 1.807) is 21.3 Å². The Kier molecular flexibility index (Phi) is 5.21. The monoisotopic (exact) mass is 335 g/mol. The minimum atomic E-state index is -0.491. The fraction of sp³-hybridized carbons (Fsp3) is 0.684. The molecule has 3 unspecified atom stereocenters. The highest BCUT2D eigenvalue weighted by atomic mass is 16.5. The zero-order valence-corrected chi connectivity index (χ0v) is 14.9. The molecular formula is C19H29NO4. The van der Waals surface area contributed by atoms with Gasteiger partial charge in [0.05, 0.1) is 26.9 Å². The van der Waals surface area contributed by atoms with Crippen LogP contribution in [0, 0.1) is 5.92 Å². The SMILES string of the molecule is COc1cc(CC2NCCC3(O)CCCCC23)cc(OC)c1OC. The van der Waals surface area contributed by atoms with E-state index in [0.29, 0.717) is 23.2 Å². The third kappa shape index (κ3) is 3.20. The third-order valence-corrected chi connectivity index (χ3v) is 5.70. The number of methoxy groups -OCH3 is 3. The number of fused-ring (bicyclic) bond motifs is 1. The first-order valence-corrected chi connectivity index (χ1v) is 8.86. The summed E-state index contributed by atoms with van der Waals surface area (Å²) >= 11 is 0. The zero-order valence-electron chi connectivity index (χ0n) is 14.9. The van der Waals surface area contributed by atoms with Gasteiger partial charge in [-0.2, -0.15) is 0 Å². The van der Waals surface area contributed by atoms with Crippen LogP contribution in [0.5, 0.6) is 17.2 Å². The van der Waals surface area contributed by atoms with Gasteiger partial charge in [0.15, 0.2) is 11.5 Å². The predicted octanol–water partition coefficient (Wildman–Crippen LogP) is 2.54. The van der Waals surface area contributed by atoms with Crippen LogP contribution in [0.4, 0.5) is 0 Å². The number of benzene rings is 1. The lowest BCUT2D eigenvalue weighted by atomic mass is 9.67. The number of aliphatic hydroxyl groups is 1. The van der Waals surface area contributed by atoms with Gasteiger partial charge in [0.1, 0.15) is 0 Å². The molecule has 0 radical (unpaired) electrons. The molecular weight excluding hydrogens is 306 g/mol. The maximum Gasteiger partial charge on any atom is 0.203 e. The molecule has 24 heavy (non-hydrogen) atoms. The van der Waals surface area contributed by atoms with Crippen molar-refractivity contribution in [2.45, 2.75) is 50.2 Å². The van der Waals surface area contributed by atoms with E-state index in [1.807, 2.05) is 12.1 Å². The molecule has 5 heteroatoms. The summed E-state index contributed by atoms with van der Waals surface area (Å²) in [5, 5.41) is 14.6. The smallest absolute Gasteiger partial charge is 0.203 e. The van der Waals surface area contributed by atoms with Gasteiger partial charge in [-0.25, -0.2) is 0 Å². The average Bonchev–Trinajstić information content (AvgIpc) is 2.60. The number of hydrogen-bond donors (Lipinski definition) is 2. The molecule has 1 aromatic carbocycles. The second-order valence-corrected chi connectivity index (χ2v) is 7.00. The van der Waals surface area contributed by atoms with E-state index in [9.17, 15) is 5.11 Å². The molecule has 3 rings (SSSR count). The normalized spacial score (nSPS) is 29.7. The lowest BCUT2D eigenvalue weighted by molar-refractivity contribution is -0.0850. The highest BCUT2D eigenvalue weighted by molar-refractivity contribution is 5.54. The molecule has 1 heterocycles. The first-order valence-electron chi connectivity index (χ1n) is 8.86. The van der Waals surface area contributed by atoms with Gasteiger partial charge in [-0.15, -0.1) is 0 Å². The van der Waals surface area contributed by atoms with Crippen molar-refractivity contribution in [1.29, 1.82) is 0 Å². The van der Waals surface area contributed by atoms with Crippen LogP contribution >= 0.6 is 0 Å². The molecule has 0 bridgehead atoms. The van der Waals surface area contributed by atoms with E-state index < -0.39 is 5.60 Å². The van der Waals surface area contributed by atoms with Gasteiger partial charge in [-0.05, 0) is 49.9 Å². The Balaban J connectivity index is 1.84. The van der Waals surface area contributed by atoms with Crippen LogP contribution in [-0.2, 0) is 6.42 Å². The van der Waals surface area contributed by atoms with Crippen LogP contribution < -0.4 is 19.5 Å². The first-order chi connectivity index (χ1) is 11.6.